The number of rotatable bonds is 20. The highest BCUT2D eigenvalue weighted by Crippen LogP contribution is 2.06. The van der Waals surface area contributed by atoms with Crippen molar-refractivity contribution in [1.29, 1.82) is 0 Å². The average molecular weight is 530 g/mol. The summed E-state index contributed by atoms with van der Waals surface area (Å²) in [5.41, 5.74) is 10.5. The van der Waals surface area contributed by atoms with E-state index >= 15 is 0 Å². The van der Waals surface area contributed by atoms with Crippen LogP contribution in [0.25, 0.3) is 0 Å². The minimum absolute atomic E-state index is 0.0181. The fourth-order valence-corrected chi connectivity index (χ4v) is 3.27. The summed E-state index contributed by atoms with van der Waals surface area (Å²) in [6.07, 6.45) is 2.90. The molecule has 2 atom stereocenters. The molecular formula is C23H43N7O7. The monoisotopic (exact) mass is 529 g/mol. The van der Waals surface area contributed by atoms with Crippen molar-refractivity contribution in [2.24, 2.45) is 17.4 Å². The van der Waals surface area contributed by atoms with Gasteiger partial charge in [0.25, 0.3) is 0 Å². The summed E-state index contributed by atoms with van der Waals surface area (Å²) < 4.78 is 4.45. The van der Waals surface area contributed by atoms with Gasteiger partial charge in [0.15, 0.2) is 0 Å². The molecule has 14 heteroatoms. The van der Waals surface area contributed by atoms with E-state index in [1.54, 1.807) is 14.0 Å². The van der Waals surface area contributed by atoms with Crippen LogP contribution in [0.2, 0.25) is 0 Å². The molecule has 0 aromatic heterocycles. The summed E-state index contributed by atoms with van der Waals surface area (Å²) in [6, 6.07) is -0.438. The zero-order valence-electron chi connectivity index (χ0n) is 22.1. The van der Waals surface area contributed by atoms with E-state index < -0.39 is 35.8 Å². The van der Waals surface area contributed by atoms with E-state index in [9.17, 15) is 28.8 Å². The van der Waals surface area contributed by atoms with Crippen LogP contribution in [0.15, 0.2) is 0 Å². The van der Waals surface area contributed by atoms with Gasteiger partial charge < -0.3 is 42.4 Å². The van der Waals surface area contributed by atoms with Crippen molar-refractivity contribution in [2.75, 3.05) is 46.9 Å². The first-order valence-corrected chi connectivity index (χ1v) is 12.4. The molecule has 6 amide bonds. The largest absolute Gasteiger partial charge is 0.453 e. The molecule has 0 aromatic rings. The number of carbonyl (C=O) groups excluding carboxylic acids is 6. The normalized spacial score (nSPS) is 12.1. The molecule has 0 bridgehead atoms. The maximum Gasteiger partial charge on any atom is 0.406 e. The molecule has 0 saturated carbocycles. The Bertz CT molecular complexity index is 764. The third-order valence-corrected chi connectivity index (χ3v) is 5.62. The van der Waals surface area contributed by atoms with E-state index in [4.69, 9.17) is 11.5 Å². The third kappa shape index (κ3) is 16.8. The summed E-state index contributed by atoms with van der Waals surface area (Å²) in [6.45, 7) is 1.74. The van der Waals surface area contributed by atoms with E-state index in [0.717, 1.165) is 4.90 Å². The molecule has 0 saturated heterocycles. The highest BCUT2D eigenvalue weighted by molar-refractivity contribution is 5.89. The van der Waals surface area contributed by atoms with Gasteiger partial charge in [0.2, 0.25) is 29.5 Å². The van der Waals surface area contributed by atoms with Crippen molar-refractivity contribution >= 4 is 35.6 Å². The molecule has 0 radical (unpaired) electrons. The van der Waals surface area contributed by atoms with Gasteiger partial charge in [-0.15, -0.1) is 0 Å². The predicted molar refractivity (Wildman–Crippen MR) is 136 cm³/mol. The van der Waals surface area contributed by atoms with E-state index in [1.165, 1.54) is 7.11 Å². The van der Waals surface area contributed by atoms with Crippen molar-refractivity contribution in [2.45, 2.75) is 57.9 Å². The molecule has 0 aliphatic heterocycles. The highest BCUT2D eigenvalue weighted by Gasteiger charge is 2.20. The standard InChI is InChI=1S/C23H43N7O7/c1-16(21(24)34)8-4-6-11-27-18(31)14-30(20(33)10-13-29-23(36)37-3)15-19(32)28-12-7-5-9-17(26-2)22(25)35/h16-17,26H,4-15H2,1-3H3,(H2,24,34)(H2,25,35)(H,27,31)(H,28,32)(H,29,36). The van der Waals surface area contributed by atoms with Crippen LogP contribution in [0.3, 0.4) is 0 Å². The molecule has 2 unspecified atom stereocenters. The number of nitrogens with one attached hydrogen (secondary N) is 4. The van der Waals surface area contributed by atoms with E-state index in [1.807, 2.05) is 0 Å². The second-order valence-electron chi connectivity index (χ2n) is 8.66. The second kappa shape index (κ2) is 19.7. The van der Waals surface area contributed by atoms with Crippen LogP contribution in [-0.4, -0.2) is 93.5 Å². The van der Waals surface area contributed by atoms with Gasteiger partial charge in [0, 0.05) is 32.0 Å². The molecule has 8 N–H and O–H groups in total. The number of methoxy groups -OCH3 is 1. The Balaban J connectivity index is 4.66. The number of carbonyl (C=O) groups is 6. The second-order valence-corrected chi connectivity index (χ2v) is 8.66. The molecule has 0 spiro atoms. The van der Waals surface area contributed by atoms with Gasteiger partial charge >= 0.3 is 6.09 Å². The van der Waals surface area contributed by atoms with Crippen molar-refractivity contribution in [3.8, 4) is 0 Å². The van der Waals surface area contributed by atoms with Crippen molar-refractivity contribution < 1.29 is 33.5 Å². The number of hydrogen-bond donors (Lipinski definition) is 6. The topological polar surface area (TPSA) is 215 Å². The quantitative estimate of drug-likeness (QED) is 0.1000. The fraction of sp³-hybridized carbons (Fsp3) is 0.739. The van der Waals surface area contributed by atoms with E-state index in [0.29, 0.717) is 51.6 Å². The molecule has 0 aromatic carbocycles. The Kier molecular flexibility index (Phi) is 17.9. The maximum absolute atomic E-state index is 12.6. The molecule has 0 rings (SSSR count). The van der Waals surface area contributed by atoms with Crippen LogP contribution < -0.4 is 32.7 Å². The zero-order valence-corrected chi connectivity index (χ0v) is 22.1. The van der Waals surface area contributed by atoms with Gasteiger partial charge in [-0.3, -0.25) is 24.0 Å². The van der Waals surface area contributed by atoms with Gasteiger partial charge in [0.1, 0.15) is 13.1 Å². The Morgan fingerprint density at radius 2 is 1.32 bits per heavy atom. The first-order chi connectivity index (χ1) is 17.5. The molecule has 0 aliphatic rings. The van der Waals surface area contributed by atoms with Crippen LogP contribution in [0.5, 0.6) is 0 Å². The number of likely N-dealkylation sites (N-methyl/N-ethyl adjacent to an activating group) is 1. The Morgan fingerprint density at radius 1 is 0.784 bits per heavy atom. The van der Waals surface area contributed by atoms with Crippen LogP contribution in [-0.2, 0) is 28.7 Å². The SMILES string of the molecule is CNC(CCCCNC(=O)CN(CC(=O)NCCCCC(C)C(N)=O)C(=O)CCNC(=O)OC)C(N)=O. The van der Waals surface area contributed by atoms with Gasteiger partial charge in [-0.05, 0) is 39.2 Å². The average Bonchev–Trinajstić information content (AvgIpc) is 2.84. The summed E-state index contributed by atoms with van der Waals surface area (Å²) in [7, 11) is 2.84. The lowest BCUT2D eigenvalue weighted by molar-refractivity contribution is -0.139. The number of nitrogens with zero attached hydrogens (tertiary/aromatic N) is 1. The minimum atomic E-state index is -0.697. The number of ether oxygens (including phenoxy) is 1. The Labute approximate surface area is 217 Å². The number of alkyl carbamates (subject to hydrolysis) is 1. The molecule has 0 heterocycles. The maximum atomic E-state index is 12.6. The number of nitrogens with two attached hydrogens (primary N) is 2. The number of hydrogen-bond acceptors (Lipinski definition) is 8. The summed E-state index contributed by atoms with van der Waals surface area (Å²) in [5.74, 6) is -2.42. The molecule has 0 fully saturated rings. The molecule has 14 nitrogen and oxygen atoms in total. The molecular weight excluding hydrogens is 486 g/mol. The van der Waals surface area contributed by atoms with Crippen LogP contribution in [0.4, 0.5) is 4.79 Å². The fourth-order valence-electron chi connectivity index (χ4n) is 3.27. The highest BCUT2D eigenvalue weighted by atomic mass is 16.5. The lowest BCUT2D eigenvalue weighted by atomic mass is 10.0. The smallest absolute Gasteiger partial charge is 0.406 e. The Hall–Kier alpha value is -3.42. The summed E-state index contributed by atoms with van der Waals surface area (Å²) in [5, 5.41) is 10.6. The summed E-state index contributed by atoms with van der Waals surface area (Å²) >= 11 is 0. The first-order valence-electron chi connectivity index (χ1n) is 12.4. The number of unbranched alkanes of at least 4 members (excludes halogenated alkanes) is 2. The minimum Gasteiger partial charge on any atom is -0.453 e. The molecule has 0 aliphatic carbocycles. The number of amides is 6. The van der Waals surface area contributed by atoms with Gasteiger partial charge in [-0.2, -0.15) is 0 Å². The van der Waals surface area contributed by atoms with Gasteiger partial charge in [-0.25, -0.2) is 4.79 Å². The van der Waals surface area contributed by atoms with Crippen LogP contribution >= 0.6 is 0 Å². The van der Waals surface area contributed by atoms with Gasteiger partial charge in [0.05, 0.1) is 13.2 Å². The third-order valence-electron chi connectivity index (χ3n) is 5.62. The zero-order chi connectivity index (χ0) is 28.2. The summed E-state index contributed by atoms with van der Waals surface area (Å²) in [4.78, 5) is 72.0. The first kappa shape index (κ1) is 33.6. The van der Waals surface area contributed by atoms with E-state index in [-0.39, 0.29) is 37.9 Å². The van der Waals surface area contributed by atoms with Crippen molar-refractivity contribution in [1.82, 2.24) is 26.2 Å². The van der Waals surface area contributed by atoms with Crippen LogP contribution in [0, 0.1) is 5.92 Å². The molecule has 37 heavy (non-hydrogen) atoms. The van der Waals surface area contributed by atoms with Crippen LogP contribution in [0.1, 0.15) is 51.9 Å². The van der Waals surface area contributed by atoms with Crippen molar-refractivity contribution in [3.05, 3.63) is 0 Å². The van der Waals surface area contributed by atoms with Gasteiger partial charge in [-0.1, -0.05) is 13.3 Å². The van der Waals surface area contributed by atoms with E-state index in [2.05, 4.69) is 26.0 Å². The molecule has 212 valence electrons. The lowest BCUT2D eigenvalue weighted by Gasteiger charge is -2.22. The Morgan fingerprint density at radius 3 is 1.78 bits per heavy atom. The lowest BCUT2D eigenvalue weighted by Crippen LogP contribution is -2.46. The number of primary amides is 2. The van der Waals surface area contributed by atoms with Crippen molar-refractivity contribution in [3.63, 3.8) is 0 Å². The predicted octanol–water partition coefficient (Wildman–Crippen LogP) is -1.67.